The molecule has 0 aliphatic carbocycles. The van der Waals surface area contributed by atoms with E-state index in [0.717, 1.165) is 18.9 Å². The molecule has 0 N–H and O–H groups in total. The van der Waals surface area contributed by atoms with E-state index in [2.05, 4.69) is 5.32 Å². The second-order valence-corrected chi connectivity index (χ2v) is 3.58. The average molecular weight is 144 g/mol. The Balaban J connectivity index is 1.82. The fourth-order valence-electron chi connectivity index (χ4n) is 1.10. The van der Waals surface area contributed by atoms with Gasteiger partial charge in [-0.15, -0.1) is 11.8 Å². The lowest BCUT2D eigenvalue weighted by atomic mass is 10.1. The summed E-state index contributed by atoms with van der Waals surface area (Å²) < 4.78 is 5.43. The first kappa shape index (κ1) is 6.01. The van der Waals surface area contributed by atoms with Crippen molar-refractivity contribution >= 4 is 11.8 Å². The summed E-state index contributed by atoms with van der Waals surface area (Å²) in [5.74, 6) is 1.16. The van der Waals surface area contributed by atoms with Gasteiger partial charge in [-0.3, -0.25) is 0 Å². The average Bonchev–Trinajstić information content (AvgIpc) is 2.11. The molecule has 0 spiro atoms. The third-order valence-corrected chi connectivity index (χ3v) is 2.93. The van der Waals surface area contributed by atoms with Crippen LogP contribution in [0.15, 0.2) is 0 Å². The van der Waals surface area contributed by atoms with Crippen molar-refractivity contribution < 1.29 is 4.74 Å². The van der Waals surface area contributed by atoms with Crippen molar-refractivity contribution in [1.29, 1.82) is 0 Å². The van der Waals surface area contributed by atoms with E-state index in [1.165, 1.54) is 6.42 Å². The lowest BCUT2D eigenvalue weighted by Crippen LogP contribution is -2.43. The molecule has 0 saturated carbocycles. The highest BCUT2D eigenvalue weighted by molar-refractivity contribution is 8.00. The van der Waals surface area contributed by atoms with Crippen molar-refractivity contribution in [3.8, 4) is 0 Å². The van der Waals surface area contributed by atoms with Crippen molar-refractivity contribution in [2.45, 2.75) is 17.9 Å². The summed E-state index contributed by atoms with van der Waals surface area (Å²) in [6.45, 7) is 1.99. The zero-order valence-corrected chi connectivity index (χ0v) is 6.06. The molecular weight excluding hydrogens is 134 g/mol. The second-order valence-electron chi connectivity index (χ2n) is 2.37. The smallest absolute Gasteiger partial charge is 0.120 e. The quantitative estimate of drug-likeness (QED) is 0.533. The van der Waals surface area contributed by atoms with Crippen LogP contribution < -0.4 is 5.32 Å². The second kappa shape index (κ2) is 2.48. The van der Waals surface area contributed by atoms with Crippen molar-refractivity contribution in [2.75, 3.05) is 18.9 Å². The van der Waals surface area contributed by atoms with Gasteiger partial charge in [0, 0.05) is 12.3 Å². The normalized spacial score (nSPS) is 42.7. The van der Waals surface area contributed by atoms with Crippen molar-refractivity contribution in [2.24, 2.45) is 0 Å². The minimum Gasteiger partial charge on any atom is -0.365 e. The van der Waals surface area contributed by atoms with Gasteiger partial charge in [0.25, 0.3) is 0 Å². The number of rotatable bonds is 1. The fourth-order valence-corrected chi connectivity index (χ4v) is 2.16. The van der Waals surface area contributed by atoms with Gasteiger partial charge in [-0.05, 0) is 6.42 Å². The maximum atomic E-state index is 5.43. The molecule has 2 atom stereocenters. The first-order valence-electron chi connectivity index (χ1n) is 3.36. The molecule has 9 heavy (non-hydrogen) atoms. The number of thioether (sulfide) groups is 1. The molecular formula is C6H10NOS. The highest BCUT2D eigenvalue weighted by Crippen LogP contribution is 2.27. The van der Waals surface area contributed by atoms with Gasteiger partial charge in [-0.25, -0.2) is 5.32 Å². The summed E-state index contributed by atoms with van der Waals surface area (Å²) in [5, 5.41) is 4.31. The van der Waals surface area contributed by atoms with Crippen LogP contribution in [0.2, 0.25) is 0 Å². The summed E-state index contributed by atoms with van der Waals surface area (Å²) in [5.41, 5.74) is 0.416. The van der Waals surface area contributed by atoms with Gasteiger partial charge in [-0.1, -0.05) is 0 Å². The molecule has 2 aliphatic rings. The van der Waals surface area contributed by atoms with E-state index in [1.54, 1.807) is 0 Å². The highest BCUT2D eigenvalue weighted by Gasteiger charge is 2.31. The molecule has 2 fully saturated rings. The zero-order chi connectivity index (χ0) is 6.10. The largest absolute Gasteiger partial charge is 0.365 e. The predicted molar refractivity (Wildman–Crippen MR) is 37.6 cm³/mol. The Morgan fingerprint density at radius 3 is 2.89 bits per heavy atom. The predicted octanol–water partition coefficient (Wildman–Crippen LogP) is 0.453. The van der Waals surface area contributed by atoms with Crippen LogP contribution in [-0.4, -0.2) is 30.4 Å². The number of nitrogens with zero attached hydrogens (tertiary/aromatic N) is 1. The summed E-state index contributed by atoms with van der Waals surface area (Å²) in [6, 6.07) is 0.539. The fraction of sp³-hybridized carbons (Fsp3) is 1.00. The standard InChI is InChI=1S/C6H10NOS/c1-2-7-5(1)6-8-3-4-9-6/h5-6H,1-4H2. The van der Waals surface area contributed by atoms with E-state index < -0.39 is 0 Å². The zero-order valence-electron chi connectivity index (χ0n) is 5.25. The van der Waals surface area contributed by atoms with Crippen LogP contribution in [0.1, 0.15) is 6.42 Å². The molecule has 2 heterocycles. The van der Waals surface area contributed by atoms with Crippen molar-refractivity contribution in [1.82, 2.24) is 5.32 Å². The van der Waals surface area contributed by atoms with Crippen molar-refractivity contribution in [3.05, 3.63) is 0 Å². The van der Waals surface area contributed by atoms with E-state index >= 15 is 0 Å². The molecule has 0 aromatic heterocycles. The lowest BCUT2D eigenvalue weighted by molar-refractivity contribution is 0.0895. The molecule has 2 saturated heterocycles. The Morgan fingerprint density at radius 2 is 2.44 bits per heavy atom. The molecule has 0 amide bonds. The third kappa shape index (κ3) is 1.09. The molecule has 1 radical (unpaired) electrons. The van der Waals surface area contributed by atoms with Gasteiger partial charge >= 0.3 is 0 Å². The SMILES string of the molecule is C1CC(C2OCCS2)[N]1. The Hall–Kier alpha value is 0.270. The molecule has 0 bridgehead atoms. The van der Waals surface area contributed by atoms with Gasteiger partial charge in [-0.2, -0.15) is 0 Å². The molecule has 2 nitrogen and oxygen atoms in total. The van der Waals surface area contributed by atoms with E-state index in [4.69, 9.17) is 4.74 Å². The summed E-state index contributed by atoms with van der Waals surface area (Å²) in [7, 11) is 0. The first-order valence-corrected chi connectivity index (χ1v) is 4.41. The van der Waals surface area contributed by atoms with Gasteiger partial charge in [0.2, 0.25) is 0 Å². The van der Waals surface area contributed by atoms with Crippen LogP contribution in [0.25, 0.3) is 0 Å². The molecule has 0 aromatic carbocycles. The summed E-state index contributed by atoms with van der Waals surface area (Å²) in [4.78, 5) is 0. The minimum atomic E-state index is 0.416. The van der Waals surface area contributed by atoms with Crippen LogP contribution >= 0.6 is 11.8 Å². The molecule has 2 unspecified atom stereocenters. The Morgan fingerprint density at radius 1 is 1.56 bits per heavy atom. The third-order valence-electron chi connectivity index (χ3n) is 1.75. The van der Waals surface area contributed by atoms with Gasteiger partial charge in [0.1, 0.15) is 5.44 Å². The van der Waals surface area contributed by atoms with E-state index in [1.807, 2.05) is 11.8 Å². The van der Waals surface area contributed by atoms with Gasteiger partial charge in [0.05, 0.1) is 12.6 Å². The highest BCUT2D eigenvalue weighted by atomic mass is 32.2. The Kier molecular flexibility index (Phi) is 1.66. The topological polar surface area (TPSA) is 23.3 Å². The van der Waals surface area contributed by atoms with Gasteiger partial charge in [0.15, 0.2) is 0 Å². The van der Waals surface area contributed by atoms with Crippen LogP contribution in [0.5, 0.6) is 0 Å². The van der Waals surface area contributed by atoms with Crippen LogP contribution in [0, 0.1) is 0 Å². The first-order chi connectivity index (χ1) is 4.47. The van der Waals surface area contributed by atoms with E-state index in [-0.39, 0.29) is 0 Å². The maximum absolute atomic E-state index is 5.43. The summed E-state index contributed by atoms with van der Waals surface area (Å²) >= 11 is 1.91. The monoisotopic (exact) mass is 144 g/mol. The molecule has 0 aromatic rings. The van der Waals surface area contributed by atoms with Gasteiger partial charge < -0.3 is 4.74 Å². The molecule has 2 aliphatic heterocycles. The van der Waals surface area contributed by atoms with E-state index in [9.17, 15) is 0 Å². The molecule has 3 heteroatoms. The van der Waals surface area contributed by atoms with Crippen LogP contribution in [0.3, 0.4) is 0 Å². The number of hydrogen-bond donors (Lipinski definition) is 0. The molecule has 51 valence electrons. The molecule has 2 rings (SSSR count). The Labute approximate surface area is 59.3 Å². The Bertz CT molecular complexity index is 99.2. The van der Waals surface area contributed by atoms with Crippen LogP contribution in [0.4, 0.5) is 0 Å². The number of hydrogen-bond acceptors (Lipinski definition) is 2. The minimum absolute atomic E-state index is 0.416. The van der Waals surface area contributed by atoms with Crippen molar-refractivity contribution in [3.63, 3.8) is 0 Å². The lowest BCUT2D eigenvalue weighted by Gasteiger charge is -2.29. The number of ether oxygens (including phenoxy) is 1. The maximum Gasteiger partial charge on any atom is 0.120 e. The van der Waals surface area contributed by atoms with Crippen LogP contribution in [-0.2, 0) is 4.74 Å². The summed E-state index contributed by atoms with van der Waals surface area (Å²) in [6.07, 6.45) is 1.25. The van der Waals surface area contributed by atoms with E-state index in [0.29, 0.717) is 11.5 Å².